The van der Waals surface area contributed by atoms with E-state index in [1.165, 1.54) is 30.0 Å². The van der Waals surface area contributed by atoms with E-state index in [-0.39, 0.29) is 56.7 Å². The van der Waals surface area contributed by atoms with Crippen LogP contribution < -0.4 is 15.4 Å². The van der Waals surface area contributed by atoms with Crippen LogP contribution in [-0.4, -0.2) is 95.0 Å². The molecule has 53 heavy (non-hydrogen) atoms. The molecule has 0 radical (unpaired) electrons. The average Bonchev–Trinajstić information content (AvgIpc) is 3.96. The largest absolute Gasteiger partial charge is 0.444 e. The molecule has 2 aliphatic carbocycles. The number of halogens is 1. The van der Waals surface area contributed by atoms with Gasteiger partial charge in [0.15, 0.2) is 5.78 Å². The van der Waals surface area contributed by atoms with Gasteiger partial charge in [-0.15, -0.1) is 6.58 Å². The van der Waals surface area contributed by atoms with Gasteiger partial charge in [-0.3, -0.25) is 28.8 Å². The summed E-state index contributed by atoms with van der Waals surface area (Å²) in [5.41, 5.74) is -1.42. The third-order valence-corrected chi connectivity index (χ3v) is 11.5. The molecule has 15 nitrogen and oxygen atoms in total. The highest BCUT2D eigenvalue weighted by Crippen LogP contribution is 2.45. The number of allylic oxidation sites excluding steroid dienone is 1. The number of nitrogens with one attached hydrogen (secondary N) is 3. The van der Waals surface area contributed by atoms with E-state index in [4.69, 9.17) is 9.47 Å². The van der Waals surface area contributed by atoms with E-state index in [0.717, 1.165) is 4.90 Å². The van der Waals surface area contributed by atoms with Crippen molar-refractivity contribution < 1.29 is 51.0 Å². The number of ketones is 1. The van der Waals surface area contributed by atoms with Crippen LogP contribution in [-0.2, 0) is 51.8 Å². The summed E-state index contributed by atoms with van der Waals surface area (Å²) in [5, 5.41) is 4.44. The Morgan fingerprint density at radius 1 is 1.13 bits per heavy atom. The Bertz CT molecular complexity index is 1840. The molecule has 1 saturated heterocycles. The highest BCUT2D eigenvalue weighted by Gasteiger charge is 2.62. The number of alkyl carbamates (subject to hydrolysis) is 1. The Kier molecular flexibility index (Phi) is 11.1. The lowest BCUT2D eigenvalue weighted by atomic mass is 10.0. The molecule has 1 aromatic rings. The standard InChI is InChI=1S/C36H46FN5O10S/c1-7-22-16-36(22,32(46)40-53(49,50)24-11-12-24)39-30(44)28-15-23(51-34(48)41-17-21-9-8-10-26(37)25(21)19-41)18-42(28)31(45)27(13-14-29(43)20(2)3)38-33(47)52-35(4,5)6/h7-10,22-24,27-28H,1-2,11-19H2,3-6H3,(H,38,47)(H,39,44)(H,40,46). The SMILES string of the molecule is C=CC1CC1(NC(=O)C1CC(OC(=O)N2Cc3cccc(F)c3C2)CN1C(=O)C(CCC(=O)C(=C)C)NC(=O)OC(C)(C)C)C(=O)NS(=O)(=O)C1CC1. The van der Waals surface area contributed by atoms with Crippen molar-refractivity contribution in [1.82, 2.24) is 25.2 Å². The predicted octanol–water partition coefficient (Wildman–Crippen LogP) is 2.74. The third kappa shape index (κ3) is 9.05. The zero-order valence-electron chi connectivity index (χ0n) is 30.2. The van der Waals surface area contributed by atoms with Crippen molar-refractivity contribution in [1.29, 1.82) is 0 Å². The molecule has 5 rings (SSSR count). The number of carbonyl (C=O) groups is 6. The Morgan fingerprint density at radius 2 is 1.83 bits per heavy atom. The predicted molar refractivity (Wildman–Crippen MR) is 188 cm³/mol. The molecule has 288 valence electrons. The summed E-state index contributed by atoms with van der Waals surface area (Å²) in [6.45, 7) is 13.4. The summed E-state index contributed by atoms with van der Waals surface area (Å²) in [4.78, 5) is 82.9. The molecule has 5 atom stereocenters. The van der Waals surface area contributed by atoms with E-state index in [2.05, 4.69) is 28.5 Å². The monoisotopic (exact) mass is 759 g/mol. The van der Waals surface area contributed by atoms with Gasteiger partial charge in [0.25, 0.3) is 5.91 Å². The quantitative estimate of drug-likeness (QED) is 0.199. The molecule has 2 saturated carbocycles. The molecule has 1 aromatic carbocycles. The zero-order chi connectivity index (χ0) is 39.0. The van der Waals surface area contributed by atoms with Gasteiger partial charge in [0, 0.05) is 30.9 Å². The van der Waals surface area contributed by atoms with Crippen molar-refractivity contribution >= 4 is 45.7 Å². The second kappa shape index (κ2) is 14.9. The Hall–Kier alpha value is -4.80. The number of nitrogens with zero attached hydrogens (tertiary/aromatic N) is 2. The Labute approximate surface area is 307 Å². The number of fused-ring (bicyclic) bond motifs is 1. The maximum absolute atomic E-state index is 14.4. The van der Waals surface area contributed by atoms with E-state index in [1.54, 1.807) is 26.8 Å². The second-order valence-corrected chi connectivity index (χ2v) is 17.1. The van der Waals surface area contributed by atoms with Crippen LogP contribution >= 0.6 is 0 Å². The number of Topliss-reactive ketones (excluding diaryl/α,β-unsaturated/α-hetero) is 1. The second-order valence-electron chi connectivity index (χ2n) is 15.1. The summed E-state index contributed by atoms with van der Waals surface area (Å²) >= 11 is 0. The number of likely N-dealkylation sites (tertiary alicyclic amines) is 1. The molecule has 5 unspecified atom stereocenters. The molecule has 17 heteroatoms. The molecule has 3 N–H and O–H groups in total. The number of benzene rings is 1. The molecule has 4 aliphatic rings. The van der Waals surface area contributed by atoms with Gasteiger partial charge in [-0.05, 0) is 70.6 Å². The van der Waals surface area contributed by atoms with Crippen molar-refractivity contribution in [2.24, 2.45) is 5.92 Å². The smallest absolute Gasteiger partial charge is 0.410 e. The molecular weight excluding hydrogens is 713 g/mol. The summed E-state index contributed by atoms with van der Waals surface area (Å²) < 4.78 is 52.9. The molecule has 2 heterocycles. The summed E-state index contributed by atoms with van der Waals surface area (Å²) in [7, 11) is -3.97. The molecule has 0 spiro atoms. The summed E-state index contributed by atoms with van der Waals surface area (Å²) in [6.07, 6.45) is -1.18. The molecule has 0 bridgehead atoms. The minimum Gasteiger partial charge on any atom is -0.444 e. The van der Waals surface area contributed by atoms with Crippen molar-refractivity contribution in [3.8, 4) is 0 Å². The van der Waals surface area contributed by atoms with Gasteiger partial charge in [-0.25, -0.2) is 22.4 Å². The normalized spacial score (nSPS) is 24.0. The van der Waals surface area contributed by atoms with Crippen molar-refractivity contribution in [2.45, 2.75) is 114 Å². The number of carbonyl (C=O) groups excluding carboxylic acids is 6. The van der Waals surface area contributed by atoms with Crippen LogP contribution in [0.1, 0.15) is 77.3 Å². The minimum atomic E-state index is -3.97. The summed E-state index contributed by atoms with van der Waals surface area (Å²) in [5.74, 6) is -4.04. The molecule has 2 aliphatic heterocycles. The van der Waals surface area contributed by atoms with Crippen LogP contribution in [0, 0.1) is 11.7 Å². The van der Waals surface area contributed by atoms with E-state index >= 15 is 0 Å². The third-order valence-electron chi connectivity index (χ3n) is 9.67. The van der Waals surface area contributed by atoms with Crippen molar-refractivity contribution in [3.05, 3.63) is 60.0 Å². The van der Waals surface area contributed by atoms with Gasteiger partial charge in [0.1, 0.15) is 35.1 Å². The topological polar surface area (TPSA) is 198 Å². The van der Waals surface area contributed by atoms with Gasteiger partial charge in [-0.2, -0.15) is 0 Å². The van der Waals surface area contributed by atoms with Crippen LogP contribution in [0.3, 0.4) is 0 Å². The molecular formula is C36H46FN5O10S. The van der Waals surface area contributed by atoms with Crippen molar-refractivity contribution in [2.75, 3.05) is 6.54 Å². The fraction of sp³-hybridized carbons (Fsp3) is 0.556. The number of hydrogen-bond donors (Lipinski definition) is 3. The van der Waals surface area contributed by atoms with Crippen LogP contribution in [0.2, 0.25) is 0 Å². The lowest BCUT2D eigenvalue weighted by molar-refractivity contribution is -0.141. The first-order valence-electron chi connectivity index (χ1n) is 17.5. The van der Waals surface area contributed by atoms with E-state index in [1.807, 2.05) is 0 Å². The molecule has 5 amide bonds. The van der Waals surface area contributed by atoms with Crippen LogP contribution in [0.4, 0.5) is 14.0 Å². The number of hydrogen-bond acceptors (Lipinski definition) is 10. The van der Waals surface area contributed by atoms with Crippen LogP contribution in [0.15, 0.2) is 43.0 Å². The first kappa shape index (κ1) is 39.4. The molecule has 0 aromatic heterocycles. The van der Waals surface area contributed by atoms with Gasteiger partial charge in [0.05, 0.1) is 18.3 Å². The highest BCUT2D eigenvalue weighted by atomic mass is 32.2. The lowest BCUT2D eigenvalue weighted by Gasteiger charge is -2.30. The van der Waals surface area contributed by atoms with Gasteiger partial charge >= 0.3 is 12.2 Å². The van der Waals surface area contributed by atoms with E-state index in [0.29, 0.717) is 24.0 Å². The average molecular weight is 760 g/mol. The lowest BCUT2D eigenvalue weighted by Crippen LogP contribution is -2.58. The van der Waals surface area contributed by atoms with Crippen LogP contribution in [0.25, 0.3) is 0 Å². The summed E-state index contributed by atoms with van der Waals surface area (Å²) in [6, 6.07) is 1.76. The van der Waals surface area contributed by atoms with Crippen molar-refractivity contribution in [3.63, 3.8) is 0 Å². The van der Waals surface area contributed by atoms with E-state index in [9.17, 15) is 41.6 Å². The van der Waals surface area contributed by atoms with Gasteiger partial charge in [-0.1, -0.05) is 24.8 Å². The first-order valence-corrected chi connectivity index (χ1v) is 19.0. The number of rotatable bonds is 13. The minimum absolute atomic E-state index is 0.0469. The number of ether oxygens (including phenoxy) is 2. The first-order chi connectivity index (χ1) is 24.7. The zero-order valence-corrected chi connectivity index (χ0v) is 31.1. The Morgan fingerprint density at radius 3 is 2.42 bits per heavy atom. The fourth-order valence-electron chi connectivity index (χ4n) is 6.52. The van der Waals surface area contributed by atoms with E-state index < -0.39 is 86.2 Å². The number of amides is 5. The maximum atomic E-state index is 14.4. The number of sulfonamides is 1. The fourth-order valence-corrected chi connectivity index (χ4v) is 7.88. The molecule has 3 fully saturated rings. The van der Waals surface area contributed by atoms with Gasteiger partial charge in [0.2, 0.25) is 21.8 Å². The highest BCUT2D eigenvalue weighted by molar-refractivity contribution is 7.91. The Balaban J connectivity index is 1.39. The maximum Gasteiger partial charge on any atom is 0.410 e. The van der Waals surface area contributed by atoms with Crippen LogP contribution in [0.5, 0.6) is 0 Å². The van der Waals surface area contributed by atoms with Gasteiger partial charge < -0.3 is 25.0 Å².